The first-order valence-electron chi connectivity index (χ1n) is 7.36. The zero-order chi connectivity index (χ0) is 13.8. The molecule has 4 heteroatoms. The monoisotopic (exact) mass is 270 g/mol. The van der Waals surface area contributed by atoms with Gasteiger partial charge < -0.3 is 9.88 Å². The van der Waals surface area contributed by atoms with Crippen LogP contribution in [0, 0.1) is 0 Å². The van der Waals surface area contributed by atoms with E-state index in [1.165, 1.54) is 17.0 Å². The Morgan fingerprint density at radius 2 is 2.05 bits per heavy atom. The Hall–Kier alpha value is -1.65. The summed E-state index contributed by atoms with van der Waals surface area (Å²) in [6, 6.07) is 8.73. The molecule has 1 aromatic carbocycles. The molecular weight excluding hydrogens is 248 g/mol. The molecule has 0 amide bonds. The molecule has 1 aliphatic rings. The first-order valence-corrected chi connectivity index (χ1v) is 7.36. The molecule has 20 heavy (non-hydrogen) atoms. The summed E-state index contributed by atoms with van der Waals surface area (Å²) in [6.45, 7) is 8.21. The van der Waals surface area contributed by atoms with Crippen LogP contribution < -0.4 is 5.32 Å². The van der Waals surface area contributed by atoms with Crippen molar-refractivity contribution in [3.05, 3.63) is 53.6 Å². The highest BCUT2D eigenvalue weighted by molar-refractivity contribution is 5.27. The molecule has 0 bridgehead atoms. The molecule has 0 saturated carbocycles. The van der Waals surface area contributed by atoms with Gasteiger partial charge in [-0.25, -0.2) is 4.98 Å². The lowest BCUT2D eigenvalue weighted by Crippen LogP contribution is -2.33. The molecule has 1 aromatic heterocycles. The van der Waals surface area contributed by atoms with Crippen LogP contribution in [0.5, 0.6) is 0 Å². The Bertz CT molecular complexity index is 561. The van der Waals surface area contributed by atoms with Crippen molar-refractivity contribution in [2.75, 3.05) is 13.1 Å². The van der Waals surface area contributed by atoms with Gasteiger partial charge in [0.25, 0.3) is 0 Å². The number of nitrogens with one attached hydrogen (secondary N) is 1. The fourth-order valence-electron chi connectivity index (χ4n) is 2.74. The maximum absolute atomic E-state index is 4.43. The second kappa shape index (κ2) is 6.20. The van der Waals surface area contributed by atoms with Gasteiger partial charge in [-0.15, -0.1) is 0 Å². The van der Waals surface area contributed by atoms with Crippen molar-refractivity contribution < 1.29 is 0 Å². The van der Waals surface area contributed by atoms with Crippen molar-refractivity contribution >= 4 is 0 Å². The van der Waals surface area contributed by atoms with Crippen LogP contribution in [0.1, 0.15) is 23.9 Å². The third-order valence-corrected chi connectivity index (χ3v) is 3.90. The number of rotatable bonds is 5. The van der Waals surface area contributed by atoms with Gasteiger partial charge in [-0.05, 0) is 17.7 Å². The molecule has 2 aromatic rings. The third kappa shape index (κ3) is 2.92. The van der Waals surface area contributed by atoms with E-state index in [-0.39, 0.29) is 0 Å². The second-order valence-electron chi connectivity index (χ2n) is 5.30. The van der Waals surface area contributed by atoms with E-state index in [9.17, 15) is 0 Å². The van der Waals surface area contributed by atoms with Crippen molar-refractivity contribution in [2.24, 2.45) is 0 Å². The summed E-state index contributed by atoms with van der Waals surface area (Å²) in [7, 11) is 0. The standard InChI is InChI=1S/C16H22N4/c1-2-17-11-14-5-3-4-6-15(14)12-19-9-10-20-8-7-18-16(20)13-19/h3-8,17H,2,9-13H2,1H3. The summed E-state index contributed by atoms with van der Waals surface area (Å²) >= 11 is 0. The van der Waals surface area contributed by atoms with Gasteiger partial charge in [0.1, 0.15) is 5.82 Å². The molecule has 0 fully saturated rings. The van der Waals surface area contributed by atoms with Crippen LogP contribution in [-0.4, -0.2) is 27.5 Å². The smallest absolute Gasteiger partial charge is 0.122 e. The average molecular weight is 270 g/mol. The van der Waals surface area contributed by atoms with Gasteiger partial charge in [0.2, 0.25) is 0 Å². The van der Waals surface area contributed by atoms with E-state index in [0.29, 0.717) is 0 Å². The summed E-state index contributed by atoms with van der Waals surface area (Å²) in [4.78, 5) is 6.91. The predicted molar refractivity (Wildman–Crippen MR) is 80.2 cm³/mol. The quantitative estimate of drug-likeness (QED) is 0.902. The first kappa shape index (κ1) is 13.3. The zero-order valence-electron chi connectivity index (χ0n) is 12.0. The van der Waals surface area contributed by atoms with Crippen molar-refractivity contribution in [2.45, 2.75) is 33.1 Å². The fraction of sp³-hybridized carbons (Fsp3) is 0.438. The Morgan fingerprint density at radius 3 is 2.90 bits per heavy atom. The lowest BCUT2D eigenvalue weighted by atomic mass is 10.1. The van der Waals surface area contributed by atoms with Crippen LogP contribution in [-0.2, 0) is 26.2 Å². The molecule has 3 rings (SSSR count). The van der Waals surface area contributed by atoms with Gasteiger partial charge in [0.05, 0.1) is 6.54 Å². The van der Waals surface area contributed by atoms with Crippen LogP contribution in [0.4, 0.5) is 0 Å². The third-order valence-electron chi connectivity index (χ3n) is 3.90. The summed E-state index contributed by atoms with van der Waals surface area (Å²) in [5, 5.41) is 3.42. The molecule has 0 spiro atoms. The highest BCUT2D eigenvalue weighted by Crippen LogP contribution is 2.16. The average Bonchev–Trinajstić information content (AvgIpc) is 2.94. The summed E-state index contributed by atoms with van der Waals surface area (Å²) < 4.78 is 2.25. The number of benzene rings is 1. The van der Waals surface area contributed by atoms with Gasteiger partial charge in [0, 0.05) is 38.6 Å². The number of nitrogens with zero attached hydrogens (tertiary/aromatic N) is 3. The summed E-state index contributed by atoms with van der Waals surface area (Å²) in [5.41, 5.74) is 2.83. The molecule has 1 N–H and O–H groups in total. The number of imidazole rings is 1. The molecule has 0 aliphatic carbocycles. The minimum absolute atomic E-state index is 0.947. The maximum Gasteiger partial charge on any atom is 0.122 e. The van der Waals surface area contributed by atoms with Crippen LogP contribution >= 0.6 is 0 Å². The zero-order valence-corrected chi connectivity index (χ0v) is 12.0. The maximum atomic E-state index is 4.43. The van der Waals surface area contributed by atoms with Gasteiger partial charge in [-0.2, -0.15) is 0 Å². The van der Waals surface area contributed by atoms with Crippen LogP contribution in [0.25, 0.3) is 0 Å². The van der Waals surface area contributed by atoms with E-state index in [2.05, 4.69) is 57.2 Å². The molecule has 2 heterocycles. The van der Waals surface area contributed by atoms with Crippen molar-refractivity contribution in [1.29, 1.82) is 0 Å². The molecular formula is C16H22N4. The molecule has 4 nitrogen and oxygen atoms in total. The lowest BCUT2D eigenvalue weighted by Gasteiger charge is -2.28. The van der Waals surface area contributed by atoms with Crippen molar-refractivity contribution in [1.82, 2.24) is 19.8 Å². The topological polar surface area (TPSA) is 33.1 Å². The largest absolute Gasteiger partial charge is 0.333 e. The van der Waals surface area contributed by atoms with Gasteiger partial charge in [0.15, 0.2) is 0 Å². The van der Waals surface area contributed by atoms with Crippen LogP contribution in [0.15, 0.2) is 36.7 Å². The predicted octanol–water partition coefficient (Wildman–Crippen LogP) is 2.01. The fourth-order valence-corrected chi connectivity index (χ4v) is 2.74. The molecule has 106 valence electrons. The van der Waals surface area contributed by atoms with E-state index in [1.807, 2.05) is 6.20 Å². The van der Waals surface area contributed by atoms with Crippen LogP contribution in [0.3, 0.4) is 0 Å². The molecule has 0 radical (unpaired) electrons. The Morgan fingerprint density at radius 1 is 1.20 bits per heavy atom. The van der Waals surface area contributed by atoms with E-state index in [0.717, 1.165) is 39.3 Å². The SMILES string of the molecule is CCNCc1ccccc1CN1CCn2ccnc2C1. The number of hydrogen-bond acceptors (Lipinski definition) is 3. The Balaban J connectivity index is 1.69. The van der Waals surface area contributed by atoms with Gasteiger partial charge in [-0.3, -0.25) is 4.90 Å². The van der Waals surface area contributed by atoms with Gasteiger partial charge in [-0.1, -0.05) is 31.2 Å². The van der Waals surface area contributed by atoms with E-state index in [1.54, 1.807) is 0 Å². The number of fused-ring (bicyclic) bond motifs is 1. The van der Waals surface area contributed by atoms with Gasteiger partial charge >= 0.3 is 0 Å². The minimum atomic E-state index is 0.947. The summed E-state index contributed by atoms with van der Waals surface area (Å²) in [6.07, 6.45) is 3.98. The summed E-state index contributed by atoms with van der Waals surface area (Å²) in [5.74, 6) is 1.18. The van der Waals surface area contributed by atoms with E-state index < -0.39 is 0 Å². The Labute approximate surface area is 120 Å². The Kier molecular flexibility index (Phi) is 4.14. The van der Waals surface area contributed by atoms with Crippen LogP contribution in [0.2, 0.25) is 0 Å². The second-order valence-corrected chi connectivity index (χ2v) is 5.30. The molecule has 0 atom stereocenters. The highest BCUT2D eigenvalue weighted by atomic mass is 15.2. The molecule has 1 aliphatic heterocycles. The molecule has 0 unspecified atom stereocenters. The normalized spacial score (nSPS) is 15.2. The van der Waals surface area contributed by atoms with E-state index in [4.69, 9.17) is 0 Å². The van der Waals surface area contributed by atoms with Crippen molar-refractivity contribution in [3.63, 3.8) is 0 Å². The minimum Gasteiger partial charge on any atom is -0.333 e. The highest BCUT2D eigenvalue weighted by Gasteiger charge is 2.17. The number of hydrogen-bond donors (Lipinski definition) is 1. The van der Waals surface area contributed by atoms with Crippen molar-refractivity contribution in [3.8, 4) is 0 Å². The molecule has 0 saturated heterocycles. The van der Waals surface area contributed by atoms with E-state index >= 15 is 0 Å². The first-order chi connectivity index (χ1) is 9.86. The lowest BCUT2D eigenvalue weighted by molar-refractivity contribution is 0.208. The number of aromatic nitrogens is 2.